The second kappa shape index (κ2) is 7.24. The molecule has 0 fully saturated rings. The molecule has 2 aromatic carbocycles. The summed E-state index contributed by atoms with van der Waals surface area (Å²) in [5, 5.41) is 5.77. The lowest BCUT2D eigenvalue weighted by Crippen LogP contribution is -2.34. The Hall–Kier alpha value is -1.40. The van der Waals surface area contributed by atoms with Gasteiger partial charge < -0.3 is 5.32 Å². The van der Waals surface area contributed by atoms with Gasteiger partial charge in [-0.15, -0.1) is 0 Å². The highest BCUT2D eigenvalue weighted by Crippen LogP contribution is 2.21. The fourth-order valence-corrected chi connectivity index (χ4v) is 2.47. The molecule has 22 heavy (non-hydrogen) atoms. The second-order valence-electron chi connectivity index (χ2n) is 4.16. The molecule has 0 heterocycles. The molecule has 0 aliphatic carbocycles. The van der Waals surface area contributed by atoms with Gasteiger partial charge in [0.25, 0.3) is 5.91 Å². The second-order valence-corrected chi connectivity index (χ2v) is 5.82. The van der Waals surface area contributed by atoms with Crippen molar-refractivity contribution >= 4 is 63.7 Å². The molecule has 0 saturated carbocycles. The van der Waals surface area contributed by atoms with Crippen LogP contribution in [0.4, 0.5) is 10.1 Å². The Morgan fingerprint density at radius 2 is 1.77 bits per heavy atom. The van der Waals surface area contributed by atoms with E-state index < -0.39 is 11.7 Å². The molecule has 0 atom stereocenters. The molecule has 8 heteroatoms. The molecule has 0 aliphatic rings. The summed E-state index contributed by atoms with van der Waals surface area (Å²) in [5.41, 5.74) is 0.672. The van der Waals surface area contributed by atoms with Gasteiger partial charge in [-0.3, -0.25) is 10.1 Å². The van der Waals surface area contributed by atoms with Gasteiger partial charge in [0.1, 0.15) is 5.82 Å². The van der Waals surface area contributed by atoms with Crippen molar-refractivity contribution in [1.82, 2.24) is 5.32 Å². The first-order valence-electron chi connectivity index (χ1n) is 5.89. The number of anilines is 1. The molecular weight excluding hydrogens is 370 g/mol. The average Bonchev–Trinajstić information content (AvgIpc) is 2.42. The number of thiocarbonyl (C=S) groups is 1. The molecule has 0 unspecified atom stereocenters. The van der Waals surface area contributed by atoms with Crippen molar-refractivity contribution in [2.45, 2.75) is 0 Å². The normalized spacial score (nSPS) is 10.2. The molecule has 2 N–H and O–H groups in total. The number of benzene rings is 2. The number of rotatable bonds is 2. The maximum Gasteiger partial charge on any atom is 0.258 e. The monoisotopic (exact) mass is 376 g/mol. The minimum Gasteiger partial charge on any atom is -0.332 e. The first kappa shape index (κ1) is 17.0. The van der Waals surface area contributed by atoms with Crippen LogP contribution in [0, 0.1) is 5.82 Å². The van der Waals surface area contributed by atoms with E-state index >= 15 is 0 Å². The van der Waals surface area contributed by atoms with Gasteiger partial charge in [-0.25, -0.2) is 4.39 Å². The van der Waals surface area contributed by atoms with Crippen molar-refractivity contribution in [1.29, 1.82) is 0 Å². The first-order valence-corrected chi connectivity index (χ1v) is 7.43. The van der Waals surface area contributed by atoms with Crippen molar-refractivity contribution in [2.24, 2.45) is 0 Å². The fraction of sp³-hybridized carbons (Fsp3) is 0. The summed E-state index contributed by atoms with van der Waals surface area (Å²) >= 11 is 22.4. The Morgan fingerprint density at radius 1 is 1.05 bits per heavy atom. The summed E-state index contributed by atoms with van der Waals surface area (Å²) in [6.45, 7) is 0. The van der Waals surface area contributed by atoms with Crippen LogP contribution in [-0.2, 0) is 0 Å². The molecule has 0 bridgehead atoms. The molecular formula is C14H8Cl3FN2OS. The Balaban J connectivity index is 2.05. The predicted octanol–water partition coefficient (Wildman–Crippen LogP) is 4.91. The summed E-state index contributed by atoms with van der Waals surface area (Å²) < 4.78 is 13.1. The Kier molecular flexibility index (Phi) is 5.58. The molecule has 114 valence electrons. The third kappa shape index (κ3) is 4.30. The fourth-order valence-electron chi connectivity index (χ4n) is 1.58. The highest BCUT2D eigenvalue weighted by Gasteiger charge is 2.12. The molecule has 2 rings (SSSR count). The molecule has 3 nitrogen and oxygen atoms in total. The van der Waals surface area contributed by atoms with E-state index in [4.69, 9.17) is 47.0 Å². The average molecular weight is 378 g/mol. The van der Waals surface area contributed by atoms with Crippen molar-refractivity contribution in [3.63, 3.8) is 0 Å². The molecule has 0 saturated heterocycles. The van der Waals surface area contributed by atoms with Crippen LogP contribution in [-0.4, -0.2) is 11.0 Å². The van der Waals surface area contributed by atoms with Gasteiger partial charge >= 0.3 is 0 Å². The first-order chi connectivity index (χ1) is 10.4. The van der Waals surface area contributed by atoms with Crippen LogP contribution in [0.5, 0.6) is 0 Å². The van der Waals surface area contributed by atoms with Crippen LogP contribution >= 0.6 is 47.0 Å². The Bertz CT molecular complexity index is 755. The molecule has 0 aromatic heterocycles. The zero-order valence-electron chi connectivity index (χ0n) is 10.8. The van der Waals surface area contributed by atoms with E-state index in [1.807, 2.05) is 0 Å². The summed E-state index contributed by atoms with van der Waals surface area (Å²) in [5.74, 6) is -1.04. The minimum atomic E-state index is -0.546. The maximum absolute atomic E-state index is 13.1. The standard InChI is InChI=1S/C14H8Cl3FN2OS/c15-7-1-3-9(10(16)5-7)13(21)20-14(22)19-8-2-4-12(18)11(17)6-8/h1-6H,(H2,19,20,21,22). The predicted molar refractivity (Wildman–Crippen MR) is 91.6 cm³/mol. The number of hydrogen-bond donors (Lipinski definition) is 2. The topological polar surface area (TPSA) is 41.1 Å². The van der Waals surface area contributed by atoms with Crippen molar-refractivity contribution in [3.8, 4) is 0 Å². The number of halogens is 4. The summed E-state index contributed by atoms with van der Waals surface area (Å²) in [7, 11) is 0. The number of nitrogens with one attached hydrogen (secondary N) is 2. The van der Waals surface area contributed by atoms with E-state index in [1.165, 1.54) is 30.3 Å². The highest BCUT2D eigenvalue weighted by atomic mass is 35.5. The smallest absolute Gasteiger partial charge is 0.258 e. The van der Waals surface area contributed by atoms with Gasteiger partial charge in [-0.2, -0.15) is 0 Å². The zero-order valence-corrected chi connectivity index (χ0v) is 13.9. The van der Waals surface area contributed by atoms with Crippen LogP contribution in [0.1, 0.15) is 10.4 Å². The number of amides is 1. The van der Waals surface area contributed by atoms with E-state index in [0.717, 1.165) is 0 Å². The third-order valence-corrected chi connectivity index (χ3v) is 3.62. The van der Waals surface area contributed by atoms with Crippen LogP contribution in [0.3, 0.4) is 0 Å². The van der Waals surface area contributed by atoms with Crippen LogP contribution in [0.15, 0.2) is 36.4 Å². The molecule has 1 amide bonds. The van der Waals surface area contributed by atoms with E-state index in [1.54, 1.807) is 6.07 Å². The van der Waals surface area contributed by atoms with Gasteiger partial charge in [-0.1, -0.05) is 34.8 Å². The van der Waals surface area contributed by atoms with Crippen molar-refractivity contribution in [3.05, 3.63) is 62.8 Å². The van der Waals surface area contributed by atoms with Gasteiger partial charge in [0, 0.05) is 10.7 Å². The SMILES string of the molecule is O=C(NC(=S)Nc1ccc(F)c(Cl)c1)c1ccc(Cl)cc1Cl. The van der Waals surface area contributed by atoms with Crippen LogP contribution in [0.2, 0.25) is 15.1 Å². The van der Waals surface area contributed by atoms with Crippen molar-refractivity contribution in [2.75, 3.05) is 5.32 Å². The Labute approximate surface area is 146 Å². The quantitative estimate of drug-likeness (QED) is 0.730. The van der Waals surface area contributed by atoms with Gasteiger partial charge in [0.15, 0.2) is 5.11 Å². The van der Waals surface area contributed by atoms with Gasteiger partial charge in [0.05, 0.1) is 15.6 Å². The summed E-state index contributed by atoms with van der Waals surface area (Å²) in [6, 6.07) is 8.45. The lowest BCUT2D eigenvalue weighted by Gasteiger charge is -2.11. The zero-order chi connectivity index (χ0) is 16.3. The van der Waals surface area contributed by atoms with Crippen LogP contribution in [0.25, 0.3) is 0 Å². The largest absolute Gasteiger partial charge is 0.332 e. The molecule has 2 aromatic rings. The van der Waals surface area contributed by atoms with Crippen LogP contribution < -0.4 is 10.6 Å². The van der Waals surface area contributed by atoms with Crippen molar-refractivity contribution < 1.29 is 9.18 Å². The van der Waals surface area contributed by atoms with E-state index in [0.29, 0.717) is 10.7 Å². The Morgan fingerprint density at radius 3 is 2.41 bits per heavy atom. The van der Waals surface area contributed by atoms with E-state index in [9.17, 15) is 9.18 Å². The number of carbonyl (C=O) groups is 1. The summed E-state index contributed by atoms with van der Waals surface area (Å²) in [4.78, 5) is 12.0. The molecule has 0 aliphatic heterocycles. The third-order valence-electron chi connectivity index (χ3n) is 2.58. The van der Waals surface area contributed by atoms with Gasteiger partial charge in [-0.05, 0) is 48.6 Å². The minimum absolute atomic E-state index is 0.0266. The van der Waals surface area contributed by atoms with Gasteiger partial charge in [0.2, 0.25) is 0 Å². The maximum atomic E-state index is 13.1. The number of carbonyl (C=O) groups excluding carboxylic acids is 1. The van der Waals surface area contributed by atoms with E-state index in [-0.39, 0.29) is 20.7 Å². The lowest BCUT2D eigenvalue weighted by molar-refractivity contribution is 0.0978. The summed E-state index contributed by atoms with van der Waals surface area (Å²) in [6.07, 6.45) is 0. The lowest BCUT2D eigenvalue weighted by atomic mass is 10.2. The number of hydrogen-bond acceptors (Lipinski definition) is 2. The van der Waals surface area contributed by atoms with E-state index in [2.05, 4.69) is 10.6 Å². The molecule has 0 radical (unpaired) electrons. The highest BCUT2D eigenvalue weighted by molar-refractivity contribution is 7.80. The molecule has 0 spiro atoms.